The first-order valence-electron chi connectivity index (χ1n) is 7.23. The van der Waals surface area contributed by atoms with E-state index in [-0.39, 0.29) is 11.9 Å². The zero-order valence-electron chi connectivity index (χ0n) is 12.0. The molecule has 0 bridgehead atoms. The number of amides is 1. The van der Waals surface area contributed by atoms with Crippen LogP contribution in [0.15, 0.2) is 12.1 Å². The molecule has 1 aromatic carbocycles. The lowest BCUT2D eigenvalue weighted by Crippen LogP contribution is -2.52. The van der Waals surface area contributed by atoms with Gasteiger partial charge in [0.05, 0.1) is 11.4 Å². The minimum Gasteiger partial charge on any atom is -0.486 e. The molecule has 1 saturated heterocycles. The summed E-state index contributed by atoms with van der Waals surface area (Å²) in [6.45, 7) is 5.50. The van der Waals surface area contributed by atoms with Gasteiger partial charge in [-0.25, -0.2) is 0 Å². The van der Waals surface area contributed by atoms with Gasteiger partial charge in [0.25, 0.3) is 0 Å². The van der Waals surface area contributed by atoms with E-state index < -0.39 is 0 Å². The number of ether oxygens (including phenoxy) is 2. The number of nitrogens with zero attached hydrogens (tertiary/aromatic N) is 1. The smallest absolute Gasteiger partial charge is 0.227 e. The first kappa shape index (κ1) is 14.5. The number of piperazine rings is 1. The van der Waals surface area contributed by atoms with E-state index in [1.807, 2.05) is 11.0 Å². The number of carbonyl (C=O) groups is 1. The molecule has 1 aromatic rings. The zero-order chi connectivity index (χ0) is 14.8. The van der Waals surface area contributed by atoms with E-state index in [0.29, 0.717) is 36.2 Å². The largest absolute Gasteiger partial charge is 0.486 e. The minimum absolute atomic E-state index is 0.122. The molecule has 0 saturated carbocycles. The maximum Gasteiger partial charge on any atom is 0.227 e. The highest BCUT2D eigenvalue weighted by molar-refractivity contribution is 6.32. The van der Waals surface area contributed by atoms with Gasteiger partial charge in [0, 0.05) is 25.7 Å². The highest BCUT2D eigenvalue weighted by atomic mass is 35.5. The summed E-state index contributed by atoms with van der Waals surface area (Å²) in [5.74, 6) is 1.33. The highest BCUT2D eigenvalue weighted by Gasteiger charge is 2.24. The van der Waals surface area contributed by atoms with Gasteiger partial charge in [0.2, 0.25) is 5.91 Å². The Balaban J connectivity index is 1.75. The minimum atomic E-state index is 0.122. The van der Waals surface area contributed by atoms with Gasteiger partial charge in [-0.05, 0) is 24.6 Å². The van der Waals surface area contributed by atoms with Crippen molar-refractivity contribution in [3.63, 3.8) is 0 Å². The number of hydrogen-bond donors (Lipinski definition) is 1. The molecular formula is C15H19ClN2O3. The van der Waals surface area contributed by atoms with E-state index in [4.69, 9.17) is 21.1 Å². The Morgan fingerprint density at radius 1 is 1.43 bits per heavy atom. The van der Waals surface area contributed by atoms with E-state index in [1.165, 1.54) is 0 Å². The van der Waals surface area contributed by atoms with E-state index in [1.54, 1.807) is 6.07 Å². The Bertz CT molecular complexity index is 550. The van der Waals surface area contributed by atoms with Crippen molar-refractivity contribution in [1.29, 1.82) is 0 Å². The number of fused-ring (bicyclic) bond motifs is 1. The van der Waals surface area contributed by atoms with Crippen LogP contribution >= 0.6 is 11.6 Å². The van der Waals surface area contributed by atoms with Crippen LogP contribution in [0.1, 0.15) is 12.5 Å². The van der Waals surface area contributed by atoms with Crippen molar-refractivity contribution in [1.82, 2.24) is 10.2 Å². The van der Waals surface area contributed by atoms with Crippen LogP contribution in [0.5, 0.6) is 11.5 Å². The lowest BCUT2D eigenvalue weighted by Gasteiger charge is -2.34. The Labute approximate surface area is 129 Å². The number of halogens is 1. The summed E-state index contributed by atoms with van der Waals surface area (Å²) in [6.07, 6.45) is 0.334. The first-order valence-corrected chi connectivity index (χ1v) is 7.61. The van der Waals surface area contributed by atoms with Crippen LogP contribution < -0.4 is 14.8 Å². The summed E-state index contributed by atoms with van der Waals surface area (Å²) in [5, 5.41) is 3.78. The van der Waals surface area contributed by atoms with Crippen molar-refractivity contribution in [3.8, 4) is 11.5 Å². The predicted octanol–water partition coefficient (Wildman–Crippen LogP) is 1.47. The molecule has 1 fully saturated rings. The molecule has 1 N–H and O–H groups in total. The molecule has 0 spiro atoms. The van der Waals surface area contributed by atoms with Crippen LogP contribution in [-0.2, 0) is 11.2 Å². The molecule has 5 nitrogen and oxygen atoms in total. The Hall–Kier alpha value is -1.46. The molecule has 0 radical (unpaired) electrons. The van der Waals surface area contributed by atoms with Crippen LogP contribution in [0.4, 0.5) is 0 Å². The molecule has 3 rings (SSSR count). The second-order valence-corrected chi connectivity index (χ2v) is 5.83. The summed E-state index contributed by atoms with van der Waals surface area (Å²) < 4.78 is 11.0. The molecule has 0 aromatic heterocycles. The fraction of sp³-hybridized carbons (Fsp3) is 0.533. The normalized spacial score (nSPS) is 21.2. The van der Waals surface area contributed by atoms with Gasteiger partial charge in [-0.15, -0.1) is 0 Å². The van der Waals surface area contributed by atoms with E-state index >= 15 is 0 Å². The van der Waals surface area contributed by atoms with Crippen LogP contribution in [0.25, 0.3) is 0 Å². The monoisotopic (exact) mass is 310 g/mol. The fourth-order valence-corrected chi connectivity index (χ4v) is 3.04. The third-order valence-corrected chi connectivity index (χ3v) is 4.11. The molecule has 21 heavy (non-hydrogen) atoms. The quantitative estimate of drug-likeness (QED) is 0.899. The topological polar surface area (TPSA) is 50.8 Å². The molecule has 114 valence electrons. The summed E-state index contributed by atoms with van der Waals surface area (Å²) in [6, 6.07) is 3.87. The molecule has 0 aliphatic carbocycles. The summed E-state index contributed by atoms with van der Waals surface area (Å²) in [7, 11) is 0. The van der Waals surface area contributed by atoms with Crippen molar-refractivity contribution in [3.05, 3.63) is 22.7 Å². The van der Waals surface area contributed by atoms with Crippen LogP contribution in [-0.4, -0.2) is 49.7 Å². The second kappa shape index (κ2) is 6.12. The summed E-state index contributed by atoms with van der Waals surface area (Å²) in [4.78, 5) is 14.4. The van der Waals surface area contributed by atoms with Gasteiger partial charge in [-0.1, -0.05) is 11.6 Å². The van der Waals surface area contributed by atoms with E-state index in [9.17, 15) is 4.79 Å². The standard InChI is InChI=1S/C15H19ClN2O3/c1-10-9-17-2-3-18(10)14(19)8-11-6-12(16)15-13(7-11)20-4-5-21-15/h6-7,10,17H,2-5,8-9H2,1H3/t10-/m1/s1. The van der Waals surface area contributed by atoms with Crippen LogP contribution in [0.2, 0.25) is 5.02 Å². The first-order chi connectivity index (χ1) is 10.1. The number of carbonyl (C=O) groups excluding carboxylic acids is 1. The van der Waals surface area contributed by atoms with E-state index in [2.05, 4.69) is 12.2 Å². The molecule has 1 atom stereocenters. The lowest BCUT2D eigenvalue weighted by atomic mass is 10.1. The number of benzene rings is 1. The van der Waals surface area contributed by atoms with E-state index in [0.717, 1.165) is 25.2 Å². The van der Waals surface area contributed by atoms with Gasteiger partial charge < -0.3 is 19.7 Å². The predicted molar refractivity (Wildman–Crippen MR) is 80.2 cm³/mol. The van der Waals surface area contributed by atoms with Crippen LogP contribution in [0, 0.1) is 0 Å². The maximum atomic E-state index is 12.4. The van der Waals surface area contributed by atoms with Crippen molar-refractivity contribution in [2.75, 3.05) is 32.8 Å². The Morgan fingerprint density at radius 3 is 3.05 bits per heavy atom. The van der Waals surface area contributed by atoms with Gasteiger partial charge in [0.15, 0.2) is 11.5 Å². The number of nitrogens with one attached hydrogen (secondary N) is 1. The van der Waals surface area contributed by atoms with Crippen molar-refractivity contribution in [2.24, 2.45) is 0 Å². The Morgan fingerprint density at radius 2 is 2.24 bits per heavy atom. The lowest BCUT2D eigenvalue weighted by molar-refractivity contribution is -0.133. The zero-order valence-corrected chi connectivity index (χ0v) is 12.8. The third-order valence-electron chi connectivity index (χ3n) is 3.83. The van der Waals surface area contributed by atoms with Gasteiger partial charge >= 0.3 is 0 Å². The average molecular weight is 311 g/mol. The Kier molecular flexibility index (Phi) is 4.22. The van der Waals surface area contributed by atoms with Gasteiger partial charge in [0.1, 0.15) is 13.2 Å². The van der Waals surface area contributed by atoms with Gasteiger partial charge in [-0.2, -0.15) is 0 Å². The molecule has 2 heterocycles. The molecule has 1 amide bonds. The molecule has 2 aliphatic heterocycles. The van der Waals surface area contributed by atoms with Crippen molar-refractivity contribution < 1.29 is 14.3 Å². The molecule has 0 unspecified atom stereocenters. The van der Waals surface area contributed by atoms with Crippen molar-refractivity contribution >= 4 is 17.5 Å². The molecule has 2 aliphatic rings. The van der Waals surface area contributed by atoms with Gasteiger partial charge in [-0.3, -0.25) is 4.79 Å². The van der Waals surface area contributed by atoms with Crippen molar-refractivity contribution in [2.45, 2.75) is 19.4 Å². The second-order valence-electron chi connectivity index (χ2n) is 5.42. The number of hydrogen-bond acceptors (Lipinski definition) is 4. The number of rotatable bonds is 2. The SMILES string of the molecule is C[C@@H]1CNCCN1C(=O)Cc1cc(Cl)c2c(c1)OCCO2. The fourth-order valence-electron chi connectivity index (χ4n) is 2.75. The molecule has 6 heteroatoms. The maximum absolute atomic E-state index is 12.4. The summed E-state index contributed by atoms with van der Waals surface area (Å²) >= 11 is 6.21. The van der Waals surface area contributed by atoms with Crippen LogP contribution in [0.3, 0.4) is 0 Å². The summed E-state index contributed by atoms with van der Waals surface area (Å²) in [5.41, 5.74) is 0.861. The average Bonchev–Trinajstić information content (AvgIpc) is 2.47. The third kappa shape index (κ3) is 3.09. The highest BCUT2D eigenvalue weighted by Crippen LogP contribution is 2.38. The molecular weight excluding hydrogens is 292 g/mol.